The number of rotatable bonds is 8. The summed E-state index contributed by atoms with van der Waals surface area (Å²) in [4.78, 5) is 1.99. The molecule has 0 aromatic heterocycles. The molecule has 0 fully saturated rings. The Morgan fingerprint density at radius 2 is 1.45 bits per heavy atom. The Morgan fingerprint density at radius 1 is 0.871 bits per heavy atom. The molecular formula is C24H27Cl2N2O2P. The van der Waals surface area contributed by atoms with Gasteiger partial charge in [-0.25, -0.2) is 0 Å². The monoisotopic (exact) mass is 476 g/mol. The van der Waals surface area contributed by atoms with Gasteiger partial charge in [0.2, 0.25) is 0 Å². The summed E-state index contributed by atoms with van der Waals surface area (Å²) in [6.45, 7) is 3.74. The van der Waals surface area contributed by atoms with Gasteiger partial charge in [0.05, 0.1) is 6.10 Å². The molecule has 2 atom stereocenters. The van der Waals surface area contributed by atoms with Crippen molar-refractivity contribution in [2.45, 2.75) is 25.7 Å². The lowest BCUT2D eigenvalue weighted by molar-refractivity contribution is 0.245. The van der Waals surface area contributed by atoms with Crippen LogP contribution in [0.5, 0.6) is 0 Å². The Labute approximate surface area is 194 Å². The standard InChI is InChI=1S/C24H27Cl2N2O2P/c1-17(2)30-31(29,20-15-13-19(14-16-20)28(3)4)24(27-18-9-6-5-7-10-18)23-21(25)11-8-12-22(23)26/h5-17,24,27H,1-4H3. The first-order valence-electron chi connectivity index (χ1n) is 10.0. The summed E-state index contributed by atoms with van der Waals surface area (Å²) in [5.74, 6) is -0.774. The number of nitrogens with zero attached hydrogens (tertiary/aromatic N) is 1. The van der Waals surface area contributed by atoms with Gasteiger partial charge in [0.1, 0.15) is 5.78 Å². The predicted molar refractivity (Wildman–Crippen MR) is 133 cm³/mol. The molecule has 0 heterocycles. The Hall–Kier alpha value is -1.97. The largest absolute Gasteiger partial charge is 0.378 e. The van der Waals surface area contributed by atoms with Crippen molar-refractivity contribution in [2.75, 3.05) is 24.3 Å². The highest BCUT2D eigenvalue weighted by Crippen LogP contribution is 2.61. The quantitative estimate of drug-likeness (QED) is 0.349. The van der Waals surface area contributed by atoms with Gasteiger partial charge in [-0.1, -0.05) is 47.5 Å². The molecule has 4 nitrogen and oxygen atoms in total. The molecule has 0 amide bonds. The molecule has 0 spiro atoms. The number of para-hydroxylation sites is 1. The molecule has 0 saturated carbocycles. The second-order valence-electron chi connectivity index (χ2n) is 7.71. The first-order chi connectivity index (χ1) is 14.7. The van der Waals surface area contributed by atoms with Crippen LogP contribution < -0.4 is 15.5 Å². The summed E-state index contributed by atoms with van der Waals surface area (Å²) in [5, 5.41) is 4.84. The van der Waals surface area contributed by atoms with Crippen LogP contribution in [0.2, 0.25) is 10.0 Å². The van der Waals surface area contributed by atoms with E-state index in [4.69, 9.17) is 27.7 Å². The van der Waals surface area contributed by atoms with Crippen LogP contribution in [0, 0.1) is 0 Å². The predicted octanol–water partition coefficient (Wildman–Crippen LogP) is 7.20. The lowest BCUT2D eigenvalue weighted by atomic mass is 10.2. The maximum Gasteiger partial charge on any atom is 0.258 e. The lowest BCUT2D eigenvalue weighted by Gasteiger charge is -2.32. The van der Waals surface area contributed by atoms with Crippen LogP contribution in [0.25, 0.3) is 0 Å². The van der Waals surface area contributed by atoms with Gasteiger partial charge in [0.25, 0.3) is 7.37 Å². The molecule has 3 rings (SSSR count). The molecule has 0 saturated heterocycles. The molecule has 31 heavy (non-hydrogen) atoms. The van der Waals surface area contributed by atoms with Crippen molar-refractivity contribution in [3.8, 4) is 0 Å². The summed E-state index contributed by atoms with van der Waals surface area (Å²) in [6.07, 6.45) is -0.277. The molecule has 0 radical (unpaired) electrons. The van der Waals surface area contributed by atoms with Crippen molar-refractivity contribution in [3.63, 3.8) is 0 Å². The Morgan fingerprint density at radius 3 is 1.97 bits per heavy atom. The van der Waals surface area contributed by atoms with Crippen LogP contribution in [0.3, 0.4) is 0 Å². The van der Waals surface area contributed by atoms with Crippen LogP contribution in [-0.2, 0) is 9.09 Å². The number of benzene rings is 3. The Kier molecular flexibility index (Phi) is 7.72. The fraction of sp³-hybridized carbons (Fsp3) is 0.250. The van der Waals surface area contributed by atoms with Gasteiger partial charge < -0.3 is 14.7 Å². The van der Waals surface area contributed by atoms with Gasteiger partial charge in [-0.15, -0.1) is 0 Å². The first kappa shape index (κ1) is 23.7. The highest BCUT2D eigenvalue weighted by atomic mass is 35.5. The Bertz CT molecular complexity index is 1040. The minimum absolute atomic E-state index is 0.277. The van der Waals surface area contributed by atoms with Crippen LogP contribution >= 0.6 is 30.6 Å². The van der Waals surface area contributed by atoms with Gasteiger partial charge >= 0.3 is 0 Å². The van der Waals surface area contributed by atoms with Crippen molar-refractivity contribution in [1.29, 1.82) is 0 Å². The minimum atomic E-state index is -3.53. The van der Waals surface area contributed by atoms with Crippen LogP contribution in [-0.4, -0.2) is 20.2 Å². The number of nitrogens with one attached hydrogen (secondary N) is 1. The van der Waals surface area contributed by atoms with E-state index in [9.17, 15) is 4.57 Å². The summed E-state index contributed by atoms with van der Waals surface area (Å²) in [6, 6.07) is 22.4. The topological polar surface area (TPSA) is 41.6 Å². The highest BCUT2D eigenvalue weighted by Gasteiger charge is 2.40. The van der Waals surface area contributed by atoms with Gasteiger partial charge in [-0.2, -0.15) is 0 Å². The molecule has 0 bridgehead atoms. The molecule has 2 unspecified atom stereocenters. The summed E-state index contributed by atoms with van der Waals surface area (Å²) in [7, 11) is 0.394. The van der Waals surface area contributed by atoms with E-state index in [1.807, 2.05) is 87.4 Å². The van der Waals surface area contributed by atoms with Crippen LogP contribution in [0.4, 0.5) is 11.4 Å². The van der Waals surface area contributed by atoms with Crippen molar-refractivity contribution >= 4 is 47.3 Å². The van der Waals surface area contributed by atoms with Gasteiger partial charge in [0.15, 0.2) is 0 Å². The SMILES string of the molecule is CC(C)OP(=O)(c1ccc(N(C)C)cc1)C(Nc1ccccc1)c1c(Cl)cccc1Cl. The summed E-state index contributed by atoms with van der Waals surface area (Å²) < 4.78 is 20.9. The van der Waals surface area contributed by atoms with Crippen molar-refractivity contribution in [3.05, 3.63) is 88.4 Å². The molecular weight excluding hydrogens is 450 g/mol. The molecule has 7 heteroatoms. The van der Waals surface area contributed by atoms with E-state index < -0.39 is 13.2 Å². The number of halogens is 2. The first-order valence-corrected chi connectivity index (χ1v) is 12.5. The van der Waals surface area contributed by atoms with Crippen molar-refractivity contribution in [1.82, 2.24) is 0 Å². The molecule has 3 aromatic rings. The zero-order chi connectivity index (χ0) is 22.6. The van der Waals surface area contributed by atoms with E-state index in [0.717, 1.165) is 11.4 Å². The zero-order valence-electron chi connectivity index (χ0n) is 18.0. The highest BCUT2D eigenvalue weighted by molar-refractivity contribution is 7.67. The van der Waals surface area contributed by atoms with E-state index in [1.54, 1.807) is 18.2 Å². The third-order valence-electron chi connectivity index (χ3n) is 4.78. The minimum Gasteiger partial charge on any atom is -0.378 e. The second-order valence-corrected chi connectivity index (χ2v) is 11.0. The molecule has 0 aliphatic rings. The third kappa shape index (κ3) is 5.45. The average molecular weight is 477 g/mol. The molecule has 0 aliphatic carbocycles. The average Bonchev–Trinajstić information content (AvgIpc) is 2.73. The van der Waals surface area contributed by atoms with Crippen molar-refractivity contribution < 1.29 is 9.09 Å². The van der Waals surface area contributed by atoms with Gasteiger partial charge in [-0.3, -0.25) is 4.57 Å². The van der Waals surface area contributed by atoms with E-state index >= 15 is 0 Å². The van der Waals surface area contributed by atoms with Crippen molar-refractivity contribution in [2.24, 2.45) is 0 Å². The van der Waals surface area contributed by atoms with Crippen LogP contribution in [0.15, 0.2) is 72.8 Å². The zero-order valence-corrected chi connectivity index (χ0v) is 20.5. The van der Waals surface area contributed by atoms with E-state index in [0.29, 0.717) is 20.9 Å². The second kappa shape index (κ2) is 10.1. The fourth-order valence-electron chi connectivity index (χ4n) is 3.33. The van der Waals surface area contributed by atoms with Gasteiger partial charge in [0, 0.05) is 46.4 Å². The fourth-order valence-corrected chi connectivity index (χ4v) is 6.77. The molecule has 164 valence electrons. The molecule has 1 N–H and O–H groups in total. The third-order valence-corrected chi connectivity index (χ3v) is 8.26. The number of hydrogen-bond donors (Lipinski definition) is 1. The molecule has 0 aliphatic heterocycles. The smallest absolute Gasteiger partial charge is 0.258 e. The maximum atomic E-state index is 14.7. The van der Waals surface area contributed by atoms with E-state index in [1.165, 1.54) is 0 Å². The van der Waals surface area contributed by atoms with Gasteiger partial charge in [-0.05, 0) is 62.4 Å². The number of hydrogen-bond acceptors (Lipinski definition) is 4. The van der Waals surface area contributed by atoms with E-state index in [2.05, 4.69) is 5.32 Å². The Balaban J connectivity index is 2.21. The lowest BCUT2D eigenvalue weighted by Crippen LogP contribution is -2.23. The summed E-state index contributed by atoms with van der Waals surface area (Å²) >= 11 is 13.2. The van der Waals surface area contributed by atoms with E-state index in [-0.39, 0.29) is 6.10 Å². The maximum absolute atomic E-state index is 14.7. The van der Waals surface area contributed by atoms with Crippen LogP contribution in [0.1, 0.15) is 25.2 Å². The summed E-state index contributed by atoms with van der Waals surface area (Å²) in [5.41, 5.74) is 2.35. The number of anilines is 2. The molecule has 3 aromatic carbocycles. The normalized spacial score (nSPS) is 14.2.